The van der Waals surface area contributed by atoms with Crippen LogP contribution in [0.15, 0.2) is 24.4 Å². The summed E-state index contributed by atoms with van der Waals surface area (Å²) in [7, 11) is 1.86. The van der Waals surface area contributed by atoms with Gasteiger partial charge in [0.2, 0.25) is 0 Å². The predicted octanol–water partition coefficient (Wildman–Crippen LogP) is 0.636. The van der Waals surface area contributed by atoms with Gasteiger partial charge in [-0.15, -0.1) is 0 Å². The lowest BCUT2D eigenvalue weighted by atomic mass is 10.2. The molecule has 0 aliphatic carbocycles. The molecule has 2 aromatic rings. The molecule has 2 aromatic heterocycles. The highest BCUT2D eigenvalue weighted by atomic mass is 16.1. The van der Waals surface area contributed by atoms with E-state index in [1.807, 2.05) is 14.0 Å². The fourth-order valence-electron chi connectivity index (χ4n) is 1.56. The first-order chi connectivity index (χ1) is 8.58. The number of nitrogens with zero attached hydrogens (tertiary/aromatic N) is 3. The SMILES string of the molecule is Cc1c(CNC(=O)c2cccc(N)n2)cnn1C. The lowest BCUT2D eigenvalue weighted by Crippen LogP contribution is -2.24. The summed E-state index contributed by atoms with van der Waals surface area (Å²) in [6.07, 6.45) is 1.74. The lowest BCUT2D eigenvalue weighted by Gasteiger charge is -2.04. The van der Waals surface area contributed by atoms with Gasteiger partial charge in [0.05, 0.1) is 6.20 Å². The molecule has 2 rings (SSSR count). The second-order valence-electron chi connectivity index (χ2n) is 4.01. The maximum absolute atomic E-state index is 11.8. The number of carbonyl (C=O) groups excluding carboxylic acids is 1. The van der Waals surface area contributed by atoms with Gasteiger partial charge in [0.15, 0.2) is 0 Å². The van der Waals surface area contributed by atoms with Crippen LogP contribution in [0, 0.1) is 6.92 Å². The van der Waals surface area contributed by atoms with Gasteiger partial charge in [-0.25, -0.2) is 4.98 Å². The number of rotatable bonds is 3. The van der Waals surface area contributed by atoms with Crippen LogP contribution in [0.3, 0.4) is 0 Å². The van der Waals surface area contributed by atoms with Gasteiger partial charge in [-0.1, -0.05) is 6.07 Å². The first kappa shape index (κ1) is 12.1. The molecule has 0 saturated heterocycles. The van der Waals surface area contributed by atoms with Crippen molar-refractivity contribution in [3.05, 3.63) is 41.3 Å². The Labute approximate surface area is 105 Å². The van der Waals surface area contributed by atoms with Crippen LogP contribution >= 0.6 is 0 Å². The van der Waals surface area contributed by atoms with Crippen molar-refractivity contribution in [2.45, 2.75) is 13.5 Å². The number of aryl methyl sites for hydroxylation is 1. The third-order valence-corrected chi connectivity index (χ3v) is 2.78. The molecule has 3 N–H and O–H groups in total. The fourth-order valence-corrected chi connectivity index (χ4v) is 1.56. The van der Waals surface area contributed by atoms with E-state index in [1.165, 1.54) is 0 Å². The Hall–Kier alpha value is -2.37. The van der Waals surface area contributed by atoms with Crippen LogP contribution in [0.2, 0.25) is 0 Å². The summed E-state index contributed by atoms with van der Waals surface area (Å²) in [5, 5.41) is 6.90. The molecule has 0 atom stereocenters. The zero-order chi connectivity index (χ0) is 13.1. The van der Waals surface area contributed by atoms with Gasteiger partial charge in [0, 0.05) is 24.8 Å². The van der Waals surface area contributed by atoms with Gasteiger partial charge < -0.3 is 11.1 Å². The first-order valence-corrected chi connectivity index (χ1v) is 5.56. The van der Waals surface area contributed by atoms with E-state index >= 15 is 0 Å². The van der Waals surface area contributed by atoms with Crippen LogP contribution < -0.4 is 11.1 Å². The van der Waals surface area contributed by atoms with Gasteiger partial charge in [0.1, 0.15) is 11.5 Å². The Morgan fingerprint density at radius 3 is 2.89 bits per heavy atom. The Morgan fingerprint density at radius 2 is 2.28 bits per heavy atom. The third-order valence-electron chi connectivity index (χ3n) is 2.78. The molecule has 1 amide bonds. The van der Waals surface area contributed by atoms with Crippen LogP contribution in [0.4, 0.5) is 5.82 Å². The predicted molar refractivity (Wildman–Crippen MR) is 67.8 cm³/mol. The number of carbonyl (C=O) groups is 1. The third kappa shape index (κ3) is 2.48. The van der Waals surface area contributed by atoms with E-state index in [9.17, 15) is 4.79 Å². The first-order valence-electron chi connectivity index (χ1n) is 5.56. The van der Waals surface area contributed by atoms with E-state index in [-0.39, 0.29) is 5.91 Å². The summed E-state index contributed by atoms with van der Waals surface area (Å²) < 4.78 is 1.76. The second kappa shape index (κ2) is 4.87. The quantitative estimate of drug-likeness (QED) is 0.830. The smallest absolute Gasteiger partial charge is 0.270 e. The molecule has 6 heteroatoms. The van der Waals surface area contributed by atoms with Crippen molar-refractivity contribution >= 4 is 11.7 Å². The minimum Gasteiger partial charge on any atom is -0.384 e. The molecular formula is C12H15N5O. The summed E-state index contributed by atoms with van der Waals surface area (Å²) in [5.41, 5.74) is 7.85. The van der Waals surface area contributed by atoms with E-state index in [2.05, 4.69) is 15.4 Å². The number of nitrogens with two attached hydrogens (primary N) is 1. The number of nitrogens with one attached hydrogen (secondary N) is 1. The molecule has 0 bridgehead atoms. The number of anilines is 1. The molecule has 0 spiro atoms. The number of pyridine rings is 1. The van der Waals surface area contributed by atoms with Gasteiger partial charge in [0.25, 0.3) is 5.91 Å². The lowest BCUT2D eigenvalue weighted by molar-refractivity contribution is 0.0946. The number of aromatic nitrogens is 3. The van der Waals surface area contributed by atoms with E-state index in [1.54, 1.807) is 29.1 Å². The van der Waals surface area contributed by atoms with Crippen molar-refractivity contribution in [3.63, 3.8) is 0 Å². The zero-order valence-corrected chi connectivity index (χ0v) is 10.3. The van der Waals surface area contributed by atoms with Gasteiger partial charge >= 0.3 is 0 Å². The van der Waals surface area contributed by atoms with E-state index in [0.29, 0.717) is 18.1 Å². The van der Waals surface area contributed by atoms with Crippen molar-refractivity contribution in [3.8, 4) is 0 Å². The van der Waals surface area contributed by atoms with Crippen LogP contribution in [0.5, 0.6) is 0 Å². The van der Waals surface area contributed by atoms with Crippen molar-refractivity contribution < 1.29 is 4.79 Å². The summed E-state index contributed by atoms with van der Waals surface area (Å²) in [6, 6.07) is 4.97. The average Bonchev–Trinajstić information content (AvgIpc) is 2.67. The molecule has 94 valence electrons. The van der Waals surface area contributed by atoms with Gasteiger partial charge in [-0.3, -0.25) is 9.48 Å². The average molecular weight is 245 g/mol. The highest BCUT2D eigenvalue weighted by Crippen LogP contribution is 2.06. The standard InChI is InChI=1S/C12H15N5O/c1-8-9(7-15-17(8)2)6-14-12(18)10-4-3-5-11(13)16-10/h3-5,7H,6H2,1-2H3,(H2,13,16)(H,14,18). The van der Waals surface area contributed by atoms with Crippen LogP contribution in [-0.2, 0) is 13.6 Å². The van der Waals surface area contributed by atoms with Crippen LogP contribution in [-0.4, -0.2) is 20.7 Å². The van der Waals surface area contributed by atoms with Crippen molar-refractivity contribution in [1.29, 1.82) is 0 Å². The summed E-state index contributed by atoms with van der Waals surface area (Å²) >= 11 is 0. The zero-order valence-electron chi connectivity index (χ0n) is 10.3. The Bertz CT molecular complexity index is 576. The van der Waals surface area contributed by atoms with Crippen molar-refractivity contribution in [2.24, 2.45) is 7.05 Å². The normalized spacial score (nSPS) is 10.3. The molecule has 0 saturated carbocycles. The molecule has 0 aromatic carbocycles. The molecule has 2 heterocycles. The van der Waals surface area contributed by atoms with Crippen LogP contribution in [0.1, 0.15) is 21.7 Å². The van der Waals surface area contributed by atoms with E-state index < -0.39 is 0 Å². The maximum atomic E-state index is 11.8. The minimum absolute atomic E-state index is 0.245. The van der Waals surface area contributed by atoms with E-state index in [4.69, 9.17) is 5.73 Å². The minimum atomic E-state index is -0.245. The second-order valence-corrected chi connectivity index (χ2v) is 4.01. The largest absolute Gasteiger partial charge is 0.384 e. The molecule has 18 heavy (non-hydrogen) atoms. The molecule has 0 aliphatic rings. The molecule has 0 unspecified atom stereocenters. The number of hydrogen-bond acceptors (Lipinski definition) is 4. The molecular weight excluding hydrogens is 230 g/mol. The topological polar surface area (TPSA) is 85.8 Å². The van der Waals surface area contributed by atoms with Gasteiger partial charge in [-0.05, 0) is 19.1 Å². The van der Waals surface area contributed by atoms with Gasteiger partial charge in [-0.2, -0.15) is 5.10 Å². The summed E-state index contributed by atoms with van der Waals surface area (Å²) in [5.74, 6) is 0.0887. The summed E-state index contributed by atoms with van der Waals surface area (Å²) in [6.45, 7) is 2.38. The van der Waals surface area contributed by atoms with Crippen molar-refractivity contribution in [2.75, 3.05) is 5.73 Å². The molecule has 0 radical (unpaired) electrons. The molecule has 0 aliphatic heterocycles. The Kier molecular flexibility index (Phi) is 3.27. The summed E-state index contributed by atoms with van der Waals surface area (Å²) in [4.78, 5) is 15.8. The Morgan fingerprint density at radius 1 is 1.50 bits per heavy atom. The monoisotopic (exact) mass is 245 g/mol. The molecule has 6 nitrogen and oxygen atoms in total. The number of amides is 1. The fraction of sp³-hybridized carbons (Fsp3) is 0.250. The maximum Gasteiger partial charge on any atom is 0.270 e. The highest BCUT2D eigenvalue weighted by molar-refractivity contribution is 5.92. The molecule has 0 fully saturated rings. The Balaban J connectivity index is 2.03. The van der Waals surface area contributed by atoms with E-state index in [0.717, 1.165) is 11.3 Å². The van der Waals surface area contributed by atoms with Crippen molar-refractivity contribution in [1.82, 2.24) is 20.1 Å². The number of hydrogen-bond donors (Lipinski definition) is 2. The number of nitrogen functional groups attached to an aromatic ring is 1. The highest BCUT2D eigenvalue weighted by Gasteiger charge is 2.09. The van der Waals surface area contributed by atoms with Crippen LogP contribution in [0.25, 0.3) is 0 Å².